The van der Waals surface area contributed by atoms with Gasteiger partial charge >= 0.3 is 0 Å². The zero-order valence-electron chi connectivity index (χ0n) is 6.05. The van der Waals surface area contributed by atoms with Gasteiger partial charge in [-0.05, 0) is 13.3 Å². The molecule has 1 nitrogen and oxygen atoms in total. The third kappa shape index (κ3) is 5.39. The Morgan fingerprint density at radius 3 is 2.89 bits per heavy atom. The van der Waals surface area contributed by atoms with E-state index in [1.807, 2.05) is 13.8 Å². The van der Waals surface area contributed by atoms with Crippen molar-refractivity contribution < 1.29 is 4.74 Å². The molecule has 0 saturated carbocycles. The fourth-order valence-corrected chi connectivity index (χ4v) is 0.446. The SMILES string of the molecule is C#CC(C)CCO[CH]C. The van der Waals surface area contributed by atoms with Crippen LogP contribution >= 0.6 is 0 Å². The largest absolute Gasteiger partial charge is 0.376 e. The van der Waals surface area contributed by atoms with Crippen molar-refractivity contribution in [3.8, 4) is 12.3 Å². The van der Waals surface area contributed by atoms with Crippen molar-refractivity contribution in [1.29, 1.82) is 0 Å². The summed E-state index contributed by atoms with van der Waals surface area (Å²) >= 11 is 0. The van der Waals surface area contributed by atoms with Gasteiger partial charge in [-0.15, -0.1) is 12.3 Å². The first-order valence-electron chi connectivity index (χ1n) is 3.16. The molecule has 1 heteroatoms. The van der Waals surface area contributed by atoms with Crippen molar-refractivity contribution in [2.75, 3.05) is 6.61 Å². The molecular weight excluding hydrogens is 112 g/mol. The third-order valence-electron chi connectivity index (χ3n) is 1.12. The molecule has 0 bridgehead atoms. The smallest absolute Gasteiger partial charge is 0.0805 e. The highest BCUT2D eigenvalue weighted by atomic mass is 16.5. The Kier molecular flexibility index (Phi) is 5.35. The number of hydrogen-bond acceptors (Lipinski definition) is 1. The van der Waals surface area contributed by atoms with Gasteiger partial charge in [0.25, 0.3) is 0 Å². The van der Waals surface area contributed by atoms with Gasteiger partial charge in [-0.1, -0.05) is 6.92 Å². The summed E-state index contributed by atoms with van der Waals surface area (Å²) in [6.07, 6.45) is 6.08. The Morgan fingerprint density at radius 1 is 1.78 bits per heavy atom. The lowest BCUT2D eigenvalue weighted by Gasteiger charge is -2.01. The van der Waals surface area contributed by atoms with Crippen molar-refractivity contribution in [2.45, 2.75) is 20.3 Å². The third-order valence-corrected chi connectivity index (χ3v) is 1.12. The van der Waals surface area contributed by atoms with Gasteiger partial charge in [0, 0.05) is 12.5 Å². The minimum Gasteiger partial charge on any atom is -0.376 e. The van der Waals surface area contributed by atoms with Crippen molar-refractivity contribution in [1.82, 2.24) is 0 Å². The second-order valence-electron chi connectivity index (χ2n) is 1.96. The first-order chi connectivity index (χ1) is 4.31. The van der Waals surface area contributed by atoms with Gasteiger partial charge in [-0.2, -0.15) is 0 Å². The highest BCUT2D eigenvalue weighted by molar-refractivity contribution is 4.89. The molecule has 0 fully saturated rings. The van der Waals surface area contributed by atoms with Crippen molar-refractivity contribution in [3.63, 3.8) is 0 Å². The summed E-state index contributed by atoms with van der Waals surface area (Å²) in [5, 5.41) is 0. The molecule has 51 valence electrons. The summed E-state index contributed by atoms with van der Waals surface area (Å²) < 4.78 is 4.99. The highest BCUT2D eigenvalue weighted by Gasteiger charge is 1.94. The summed E-state index contributed by atoms with van der Waals surface area (Å²) in [4.78, 5) is 0. The van der Waals surface area contributed by atoms with Gasteiger partial charge in [-0.3, -0.25) is 0 Å². The summed E-state index contributed by atoms with van der Waals surface area (Å²) in [5.41, 5.74) is 0. The molecule has 1 radical (unpaired) electrons. The molecule has 0 rings (SSSR count). The predicted octanol–water partition coefficient (Wildman–Crippen LogP) is 1.84. The monoisotopic (exact) mass is 125 g/mol. The molecule has 0 aromatic rings. The van der Waals surface area contributed by atoms with E-state index < -0.39 is 0 Å². The molecule has 9 heavy (non-hydrogen) atoms. The maximum Gasteiger partial charge on any atom is 0.0805 e. The van der Waals surface area contributed by atoms with Crippen LogP contribution in [0.2, 0.25) is 0 Å². The Hall–Kier alpha value is -0.480. The Bertz CT molecular complexity index is 91.2. The van der Waals surface area contributed by atoms with Crippen LogP contribution < -0.4 is 0 Å². The molecule has 1 atom stereocenters. The molecule has 0 aliphatic carbocycles. The molecular formula is C8H13O. The molecule has 0 N–H and O–H groups in total. The lowest BCUT2D eigenvalue weighted by Crippen LogP contribution is -1.96. The topological polar surface area (TPSA) is 9.23 Å². The lowest BCUT2D eigenvalue weighted by molar-refractivity contribution is 0.193. The van der Waals surface area contributed by atoms with Crippen molar-refractivity contribution in [2.24, 2.45) is 5.92 Å². The molecule has 0 saturated heterocycles. The van der Waals surface area contributed by atoms with E-state index in [4.69, 9.17) is 11.2 Å². The standard InChI is InChI=1S/C8H13O/c1-4-8(3)6-7-9-5-2/h1,5,8H,6-7H2,2-3H3. The number of ether oxygens (including phenoxy) is 1. The van der Waals surface area contributed by atoms with Crippen molar-refractivity contribution >= 4 is 0 Å². The van der Waals surface area contributed by atoms with Gasteiger partial charge in [0.2, 0.25) is 0 Å². The Labute approximate surface area is 57.4 Å². The number of rotatable bonds is 4. The van der Waals surface area contributed by atoms with E-state index in [1.54, 1.807) is 6.61 Å². The van der Waals surface area contributed by atoms with Gasteiger partial charge in [-0.25, -0.2) is 0 Å². The van der Waals surface area contributed by atoms with E-state index in [0.717, 1.165) is 13.0 Å². The number of hydrogen-bond donors (Lipinski definition) is 0. The normalized spacial score (nSPS) is 12.6. The molecule has 0 aromatic carbocycles. The summed E-state index contributed by atoms with van der Waals surface area (Å²) in [6, 6.07) is 0. The first-order valence-corrected chi connectivity index (χ1v) is 3.16. The van der Waals surface area contributed by atoms with Crippen LogP contribution in [0.25, 0.3) is 0 Å². The molecule has 0 spiro atoms. The quantitative estimate of drug-likeness (QED) is 0.411. The lowest BCUT2D eigenvalue weighted by atomic mass is 10.1. The summed E-state index contributed by atoms with van der Waals surface area (Å²) in [7, 11) is 0. The van der Waals surface area contributed by atoms with Gasteiger partial charge in [0.1, 0.15) is 0 Å². The molecule has 0 aliphatic rings. The Balaban J connectivity index is 2.99. The zero-order valence-corrected chi connectivity index (χ0v) is 6.05. The van der Waals surface area contributed by atoms with Crippen molar-refractivity contribution in [3.05, 3.63) is 6.61 Å². The molecule has 0 aromatic heterocycles. The van der Waals surface area contributed by atoms with E-state index in [9.17, 15) is 0 Å². The van der Waals surface area contributed by atoms with Crippen LogP contribution in [-0.4, -0.2) is 6.61 Å². The predicted molar refractivity (Wildman–Crippen MR) is 38.5 cm³/mol. The van der Waals surface area contributed by atoms with E-state index in [0.29, 0.717) is 5.92 Å². The fraction of sp³-hybridized carbons (Fsp3) is 0.625. The van der Waals surface area contributed by atoms with E-state index in [1.165, 1.54) is 0 Å². The summed E-state index contributed by atoms with van der Waals surface area (Å²) in [5.74, 6) is 2.97. The minimum absolute atomic E-state index is 0.338. The average Bonchev–Trinajstić information content (AvgIpc) is 1.89. The Morgan fingerprint density at radius 2 is 2.44 bits per heavy atom. The zero-order chi connectivity index (χ0) is 7.11. The van der Waals surface area contributed by atoms with E-state index >= 15 is 0 Å². The van der Waals surface area contributed by atoms with E-state index in [2.05, 4.69) is 5.92 Å². The molecule has 0 aliphatic heterocycles. The molecule has 0 amide bonds. The van der Waals surface area contributed by atoms with Crippen LogP contribution in [0.3, 0.4) is 0 Å². The minimum atomic E-state index is 0.338. The number of terminal acetylenes is 1. The first kappa shape index (κ1) is 8.52. The van der Waals surface area contributed by atoms with Gasteiger partial charge in [0.15, 0.2) is 0 Å². The van der Waals surface area contributed by atoms with Crippen LogP contribution in [0.15, 0.2) is 0 Å². The highest BCUT2D eigenvalue weighted by Crippen LogP contribution is 1.98. The fourth-order valence-electron chi connectivity index (χ4n) is 0.446. The van der Waals surface area contributed by atoms with Crippen LogP contribution in [0, 0.1) is 24.9 Å². The average molecular weight is 125 g/mol. The van der Waals surface area contributed by atoms with E-state index in [-0.39, 0.29) is 0 Å². The van der Waals surface area contributed by atoms with Crippen LogP contribution in [-0.2, 0) is 4.74 Å². The van der Waals surface area contributed by atoms with Crippen LogP contribution in [0.4, 0.5) is 0 Å². The molecule has 0 heterocycles. The second kappa shape index (κ2) is 5.65. The van der Waals surface area contributed by atoms with Crippen LogP contribution in [0.5, 0.6) is 0 Å². The summed E-state index contributed by atoms with van der Waals surface area (Å²) in [6.45, 7) is 6.30. The van der Waals surface area contributed by atoms with Gasteiger partial charge in [0.05, 0.1) is 6.61 Å². The van der Waals surface area contributed by atoms with Crippen LogP contribution in [0.1, 0.15) is 20.3 Å². The maximum absolute atomic E-state index is 5.14. The second-order valence-corrected chi connectivity index (χ2v) is 1.96. The maximum atomic E-state index is 5.14. The van der Waals surface area contributed by atoms with Gasteiger partial charge < -0.3 is 4.74 Å². The molecule has 1 unspecified atom stereocenters.